The number of methoxy groups -OCH3 is 3. The number of benzene rings is 1. The smallest absolute Gasteiger partial charge is 0.408 e. The second kappa shape index (κ2) is 18.6. The van der Waals surface area contributed by atoms with Crippen LogP contribution in [0.4, 0.5) is 9.93 Å². The average molecular weight is 914 g/mol. The number of ether oxygens (including phenoxy) is 6. The first kappa shape index (κ1) is 46.5. The van der Waals surface area contributed by atoms with E-state index in [1.807, 2.05) is 46.9 Å². The van der Waals surface area contributed by atoms with Gasteiger partial charge in [0.25, 0.3) is 0 Å². The number of halogens is 1. The predicted octanol–water partition coefficient (Wildman–Crippen LogP) is 6.82. The zero-order valence-electron chi connectivity index (χ0n) is 37.7. The molecule has 344 valence electrons. The summed E-state index contributed by atoms with van der Waals surface area (Å²) in [7, 11) is 4.32. The molecule has 0 radical (unpaired) electrons. The van der Waals surface area contributed by atoms with E-state index in [1.54, 1.807) is 18.2 Å². The average Bonchev–Trinajstić information content (AvgIpc) is 3.72. The van der Waals surface area contributed by atoms with Crippen molar-refractivity contribution in [2.45, 2.75) is 123 Å². The quantitative estimate of drug-likeness (QED) is 0.0947. The molecule has 0 spiro atoms. The van der Waals surface area contributed by atoms with E-state index in [9.17, 15) is 19.2 Å². The van der Waals surface area contributed by atoms with E-state index in [2.05, 4.69) is 22.9 Å². The maximum atomic E-state index is 14.9. The fourth-order valence-corrected chi connectivity index (χ4v) is 10.4. The summed E-state index contributed by atoms with van der Waals surface area (Å²) in [6, 6.07) is 3.28. The van der Waals surface area contributed by atoms with Crippen LogP contribution in [0.5, 0.6) is 11.5 Å². The Labute approximate surface area is 377 Å². The molecule has 3 saturated carbocycles. The van der Waals surface area contributed by atoms with Crippen molar-refractivity contribution in [3.63, 3.8) is 0 Å². The number of nitrogens with zero attached hydrogens (tertiary/aromatic N) is 3. The number of hydrogen-bond donors (Lipinski definition) is 3. The topological polar surface area (TPSA) is 189 Å². The first-order chi connectivity index (χ1) is 29.9. The minimum atomic E-state index is -1.20. The minimum absolute atomic E-state index is 0.0187. The summed E-state index contributed by atoms with van der Waals surface area (Å²) in [5, 5.41) is 12.5. The summed E-state index contributed by atoms with van der Waals surface area (Å²) in [4.78, 5) is 67.1. The van der Waals surface area contributed by atoms with E-state index < -0.39 is 59.3 Å². The minimum Gasteiger partial charge on any atom is -0.488 e. The molecule has 9 atom stereocenters. The molecule has 7 rings (SSSR count). The Morgan fingerprint density at radius 3 is 2.33 bits per heavy atom. The third kappa shape index (κ3) is 9.81. The maximum Gasteiger partial charge on any atom is 0.408 e. The Hall–Kier alpha value is -4.45. The Bertz CT molecular complexity index is 2180. The normalized spacial score (nSPS) is 26.6. The lowest BCUT2D eigenvalue weighted by atomic mass is 9.85. The van der Waals surface area contributed by atoms with Crippen LogP contribution in [0.25, 0.3) is 22.3 Å². The highest BCUT2D eigenvalue weighted by molar-refractivity contribution is 7.14. The van der Waals surface area contributed by atoms with Gasteiger partial charge in [0.2, 0.25) is 11.8 Å². The molecule has 3 amide bonds. The lowest BCUT2D eigenvalue weighted by Gasteiger charge is -2.35. The molecular formula is C45H61ClN6O10S. The molecule has 16 nitrogen and oxygen atoms in total. The van der Waals surface area contributed by atoms with Gasteiger partial charge in [0, 0.05) is 43.5 Å². The van der Waals surface area contributed by atoms with Crippen molar-refractivity contribution in [2.24, 2.45) is 29.1 Å². The Morgan fingerprint density at radius 1 is 1.00 bits per heavy atom. The first-order valence-electron chi connectivity index (χ1n) is 21.8. The maximum absolute atomic E-state index is 14.9. The van der Waals surface area contributed by atoms with E-state index in [1.165, 1.54) is 37.6 Å². The van der Waals surface area contributed by atoms with Crippen molar-refractivity contribution in [2.75, 3.05) is 39.8 Å². The molecule has 4 aliphatic rings. The van der Waals surface area contributed by atoms with Gasteiger partial charge < -0.3 is 49.3 Å². The number of fused-ring (bicyclic) bond motifs is 2. The van der Waals surface area contributed by atoms with Crippen LogP contribution in [0.15, 0.2) is 23.6 Å². The van der Waals surface area contributed by atoms with Crippen LogP contribution < -0.4 is 25.4 Å². The zero-order chi connectivity index (χ0) is 45.5. The third-order valence-electron chi connectivity index (χ3n) is 13.0. The van der Waals surface area contributed by atoms with E-state index in [-0.39, 0.29) is 42.7 Å². The van der Waals surface area contributed by atoms with Crippen molar-refractivity contribution in [1.29, 1.82) is 0 Å². The summed E-state index contributed by atoms with van der Waals surface area (Å²) in [6.45, 7) is 13.8. The number of pyridine rings is 1. The number of esters is 1. The summed E-state index contributed by atoms with van der Waals surface area (Å²) in [5.74, 6) is 0.866. The first-order valence-corrected chi connectivity index (χ1v) is 23.1. The number of likely N-dealkylation sites (tertiary alicyclic amines) is 1. The van der Waals surface area contributed by atoms with Crippen molar-refractivity contribution in [3.05, 3.63) is 28.6 Å². The monoisotopic (exact) mass is 912 g/mol. The number of nitrogens with one attached hydrogen (secondary N) is 3. The summed E-state index contributed by atoms with van der Waals surface area (Å²) >= 11 is 8.47. The highest BCUT2D eigenvalue weighted by Crippen LogP contribution is 2.57. The second-order valence-corrected chi connectivity index (χ2v) is 19.9. The number of carbonyl (C=O) groups excluding carboxylic acids is 4. The van der Waals surface area contributed by atoms with E-state index in [0.717, 1.165) is 12.8 Å². The van der Waals surface area contributed by atoms with Gasteiger partial charge in [0.1, 0.15) is 58.7 Å². The van der Waals surface area contributed by atoms with Crippen LogP contribution in [0, 0.1) is 29.1 Å². The SMILES string of the molecule is CC[C@@H]1C[C@]1(NC(=O)[C@@H]1C[C@@H](Oc2cc(-c3csc(NC(C)C)n3)nc3c(Cl)c(OCC(OC)OC)ccc23)CN1C(=O)[C@@H](NC(=O)OC1C[C@@H]2C(C)[C@@H]2C1)C(C)(C)C)C(=O)OC. The van der Waals surface area contributed by atoms with Crippen molar-refractivity contribution >= 4 is 62.8 Å². The van der Waals surface area contributed by atoms with Gasteiger partial charge in [-0.05, 0) is 74.3 Å². The lowest BCUT2D eigenvalue weighted by Crippen LogP contribution is -2.59. The lowest BCUT2D eigenvalue weighted by molar-refractivity contribution is -0.148. The Balaban J connectivity index is 1.21. The van der Waals surface area contributed by atoms with Gasteiger partial charge in [-0.2, -0.15) is 0 Å². The molecule has 2 aromatic heterocycles. The van der Waals surface area contributed by atoms with Gasteiger partial charge in [0.15, 0.2) is 11.4 Å². The standard InChI is InChI=1S/C45H61ClN6O10S/c1-11-24-18-45(24,41(55)59-10)51-39(53)32-16-26(19-52(32)40(54)38(44(5,6)7)50-43(56)62-25-14-28-23(4)29(28)15-25)61-34-17-30(31-21-63-42(49-31)47-22(2)3)48-37-27(34)12-13-33(36(37)46)60-20-35(57-8)58-9/h12-13,17,21-26,28-29,32,35,38H,11,14-16,18-20H2,1-10H3,(H,47,49)(H,50,56)(H,51,53)/t23?,24-,25?,26-,28-,29+,32+,38-,45-/m1/s1. The molecular weight excluding hydrogens is 852 g/mol. The summed E-state index contributed by atoms with van der Waals surface area (Å²) in [5.41, 5.74) is -0.552. The Kier molecular flexibility index (Phi) is 13.7. The fraction of sp³-hybridized carbons (Fsp3) is 0.644. The molecule has 3 N–H and O–H groups in total. The van der Waals surface area contributed by atoms with Crippen LogP contribution in [0.2, 0.25) is 5.02 Å². The zero-order valence-corrected chi connectivity index (χ0v) is 39.3. The van der Waals surface area contributed by atoms with Crippen LogP contribution >= 0.6 is 22.9 Å². The number of thiazole rings is 1. The van der Waals surface area contributed by atoms with Gasteiger partial charge in [-0.1, -0.05) is 52.6 Å². The van der Waals surface area contributed by atoms with Crippen LogP contribution in [-0.2, 0) is 33.3 Å². The molecule has 3 aromatic rings. The number of rotatable bonds is 17. The van der Waals surface area contributed by atoms with Crippen LogP contribution in [0.3, 0.4) is 0 Å². The molecule has 1 aromatic carbocycles. The van der Waals surface area contributed by atoms with E-state index in [0.29, 0.717) is 69.5 Å². The molecule has 2 unspecified atom stereocenters. The summed E-state index contributed by atoms with van der Waals surface area (Å²) < 4.78 is 34.4. The largest absolute Gasteiger partial charge is 0.488 e. The van der Waals surface area contributed by atoms with Crippen LogP contribution in [0.1, 0.15) is 80.6 Å². The number of aromatic nitrogens is 2. The van der Waals surface area contributed by atoms with Crippen molar-refractivity contribution in [1.82, 2.24) is 25.5 Å². The number of amides is 3. The van der Waals surface area contributed by atoms with Crippen LogP contribution in [-0.4, -0.2) is 115 Å². The molecule has 0 bridgehead atoms. The molecule has 18 heteroatoms. The van der Waals surface area contributed by atoms with Gasteiger partial charge in [0.05, 0.1) is 24.9 Å². The molecule has 3 heterocycles. The van der Waals surface area contributed by atoms with Gasteiger partial charge >= 0.3 is 12.1 Å². The second-order valence-electron chi connectivity index (χ2n) is 18.7. The molecule has 1 aliphatic heterocycles. The molecule has 3 aliphatic carbocycles. The highest BCUT2D eigenvalue weighted by atomic mass is 35.5. The predicted molar refractivity (Wildman–Crippen MR) is 238 cm³/mol. The Morgan fingerprint density at radius 2 is 1.71 bits per heavy atom. The van der Waals surface area contributed by atoms with Gasteiger partial charge in [-0.3, -0.25) is 9.59 Å². The number of carbonyl (C=O) groups is 4. The highest BCUT2D eigenvalue weighted by Gasteiger charge is 2.62. The molecule has 4 fully saturated rings. The van der Waals surface area contributed by atoms with Crippen molar-refractivity contribution in [3.8, 4) is 22.9 Å². The molecule has 63 heavy (non-hydrogen) atoms. The van der Waals surface area contributed by atoms with E-state index in [4.69, 9.17) is 50.0 Å². The number of alkyl carbamates (subject to hydrolysis) is 1. The van der Waals surface area contributed by atoms with E-state index >= 15 is 0 Å². The van der Waals surface area contributed by atoms with Gasteiger partial charge in [-0.15, -0.1) is 11.3 Å². The van der Waals surface area contributed by atoms with Crippen molar-refractivity contribution < 1.29 is 47.6 Å². The molecule has 1 saturated heterocycles. The number of anilines is 1. The fourth-order valence-electron chi connectivity index (χ4n) is 9.29. The number of hydrogen-bond acceptors (Lipinski definition) is 14. The summed E-state index contributed by atoms with van der Waals surface area (Å²) in [6.07, 6.45) is 0.515. The van der Waals surface area contributed by atoms with Gasteiger partial charge in [-0.25, -0.2) is 19.6 Å². The third-order valence-corrected chi connectivity index (χ3v) is 14.2.